The molecular weight excluding hydrogens is 216 g/mol. The Labute approximate surface area is 101 Å². The highest BCUT2D eigenvalue weighted by atomic mass is 16.5. The second-order valence-corrected chi connectivity index (χ2v) is 4.75. The van der Waals surface area contributed by atoms with Crippen LogP contribution in [0.25, 0.3) is 0 Å². The van der Waals surface area contributed by atoms with Crippen molar-refractivity contribution < 1.29 is 4.74 Å². The standard InChI is InChI=1S/C12H18N4O/c1-17-12-9-6-16(8-2-3-8)7-10(9)14-11(15-12)4-5-13/h8H,2-7,13H2,1H3. The van der Waals surface area contributed by atoms with Gasteiger partial charge in [0, 0.05) is 25.6 Å². The van der Waals surface area contributed by atoms with Gasteiger partial charge in [0.15, 0.2) is 0 Å². The molecule has 1 aromatic rings. The Morgan fingerprint density at radius 1 is 1.35 bits per heavy atom. The zero-order valence-electron chi connectivity index (χ0n) is 10.1. The van der Waals surface area contributed by atoms with Crippen LogP contribution < -0.4 is 10.5 Å². The molecule has 1 aliphatic carbocycles. The van der Waals surface area contributed by atoms with Crippen molar-refractivity contribution in [3.63, 3.8) is 0 Å². The first-order valence-electron chi connectivity index (χ1n) is 6.18. The average molecular weight is 234 g/mol. The zero-order valence-corrected chi connectivity index (χ0v) is 10.1. The molecule has 0 spiro atoms. The lowest BCUT2D eigenvalue weighted by atomic mass is 10.2. The van der Waals surface area contributed by atoms with Crippen molar-refractivity contribution in [3.05, 3.63) is 17.1 Å². The van der Waals surface area contributed by atoms with Crippen LogP contribution in [0.2, 0.25) is 0 Å². The van der Waals surface area contributed by atoms with Crippen molar-refractivity contribution in [3.8, 4) is 5.88 Å². The number of fused-ring (bicyclic) bond motifs is 1. The largest absolute Gasteiger partial charge is 0.481 e. The van der Waals surface area contributed by atoms with Gasteiger partial charge in [-0.1, -0.05) is 0 Å². The van der Waals surface area contributed by atoms with E-state index in [0.717, 1.165) is 36.5 Å². The number of aromatic nitrogens is 2. The Kier molecular flexibility index (Phi) is 2.72. The molecule has 1 saturated carbocycles. The van der Waals surface area contributed by atoms with E-state index in [1.165, 1.54) is 18.4 Å². The van der Waals surface area contributed by atoms with E-state index in [-0.39, 0.29) is 0 Å². The van der Waals surface area contributed by atoms with Crippen molar-refractivity contribution >= 4 is 0 Å². The lowest BCUT2D eigenvalue weighted by molar-refractivity contribution is 0.269. The Morgan fingerprint density at radius 2 is 2.18 bits per heavy atom. The number of methoxy groups -OCH3 is 1. The number of hydrogen-bond donors (Lipinski definition) is 1. The fourth-order valence-corrected chi connectivity index (χ4v) is 2.41. The van der Waals surface area contributed by atoms with E-state index in [9.17, 15) is 0 Å². The molecule has 2 aliphatic rings. The summed E-state index contributed by atoms with van der Waals surface area (Å²) in [5, 5.41) is 0. The molecule has 5 heteroatoms. The van der Waals surface area contributed by atoms with Crippen LogP contribution in [0.5, 0.6) is 5.88 Å². The summed E-state index contributed by atoms with van der Waals surface area (Å²) in [6.45, 7) is 2.46. The maximum Gasteiger partial charge on any atom is 0.221 e. The molecule has 0 radical (unpaired) electrons. The van der Waals surface area contributed by atoms with Crippen molar-refractivity contribution in [2.24, 2.45) is 5.73 Å². The maximum atomic E-state index is 5.55. The van der Waals surface area contributed by atoms with Crippen LogP contribution >= 0.6 is 0 Å². The molecule has 92 valence electrons. The van der Waals surface area contributed by atoms with Gasteiger partial charge in [-0.2, -0.15) is 4.98 Å². The van der Waals surface area contributed by atoms with Gasteiger partial charge in [-0.3, -0.25) is 4.90 Å². The van der Waals surface area contributed by atoms with Crippen LogP contribution in [-0.2, 0) is 19.5 Å². The van der Waals surface area contributed by atoms with E-state index < -0.39 is 0 Å². The van der Waals surface area contributed by atoms with Crippen molar-refractivity contribution in [2.75, 3.05) is 13.7 Å². The number of ether oxygens (including phenoxy) is 1. The van der Waals surface area contributed by atoms with E-state index in [1.54, 1.807) is 7.11 Å². The van der Waals surface area contributed by atoms with Gasteiger partial charge in [0.2, 0.25) is 5.88 Å². The van der Waals surface area contributed by atoms with E-state index in [0.29, 0.717) is 13.0 Å². The molecule has 0 aromatic carbocycles. The van der Waals surface area contributed by atoms with Gasteiger partial charge in [0.1, 0.15) is 5.82 Å². The van der Waals surface area contributed by atoms with Gasteiger partial charge in [-0.25, -0.2) is 4.98 Å². The van der Waals surface area contributed by atoms with E-state index in [4.69, 9.17) is 10.5 Å². The molecule has 0 bridgehead atoms. The quantitative estimate of drug-likeness (QED) is 0.820. The summed E-state index contributed by atoms with van der Waals surface area (Å²) >= 11 is 0. The summed E-state index contributed by atoms with van der Waals surface area (Å²) in [5.74, 6) is 1.54. The smallest absolute Gasteiger partial charge is 0.221 e. The lowest BCUT2D eigenvalue weighted by Gasteiger charge is -2.11. The Balaban J connectivity index is 1.90. The van der Waals surface area contributed by atoms with Crippen LogP contribution in [-0.4, -0.2) is 34.6 Å². The molecule has 0 atom stereocenters. The number of nitrogens with zero attached hydrogens (tertiary/aromatic N) is 3. The first kappa shape index (κ1) is 10.9. The summed E-state index contributed by atoms with van der Waals surface area (Å²) < 4.78 is 5.37. The summed E-state index contributed by atoms with van der Waals surface area (Å²) in [6, 6.07) is 0.756. The van der Waals surface area contributed by atoms with E-state index >= 15 is 0 Å². The van der Waals surface area contributed by atoms with Gasteiger partial charge in [-0.15, -0.1) is 0 Å². The minimum Gasteiger partial charge on any atom is -0.481 e. The highest BCUT2D eigenvalue weighted by Crippen LogP contribution is 2.36. The molecule has 1 fully saturated rings. The third-order valence-electron chi connectivity index (χ3n) is 3.44. The molecule has 0 unspecified atom stereocenters. The molecule has 1 aliphatic heterocycles. The monoisotopic (exact) mass is 234 g/mol. The van der Waals surface area contributed by atoms with Crippen LogP contribution in [0.1, 0.15) is 29.9 Å². The first-order valence-corrected chi connectivity index (χ1v) is 6.18. The van der Waals surface area contributed by atoms with Crippen LogP contribution in [0.3, 0.4) is 0 Å². The van der Waals surface area contributed by atoms with Crippen LogP contribution in [0.4, 0.5) is 0 Å². The third kappa shape index (κ3) is 2.00. The third-order valence-corrected chi connectivity index (χ3v) is 3.44. The van der Waals surface area contributed by atoms with Crippen molar-refractivity contribution in [1.82, 2.24) is 14.9 Å². The predicted molar refractivity (Wildman–Crippen MR) is 63.6 cm³/mol. The average Bonchev–Trinajstić information content (AvgIpc) is 3.09. The first-order chi connectivity index (χ1) is 8.31. The Hall–Kier alpha value is -1.20. The Bertz CT molecular complexity index is 431. The summed E-state index contributed by atoms with van der Waals surface area (Å²) in [6.07, 6.45) is 3.35. The van der Waals surface area contributed by atoms with Crippen molar-refractivity contribution in [2.45, 2.75) is 38.4 Å². The SMILES string of the molecule is COc1nc(CCN)nc2c1CN(C1CC1)C2. The molecule has 0 saturated heterocycles. The fourth-order valence-electron chi connectivity index (χ4n) is 2.41. The molecule has 2 N–H and O–H groups in total. The molecular formula is C12H18N4O. The minimum absolute atomic E-state index is 0.578. The molecule has 2 heterocycles. The van der Waals surface area contributed by atoms with E-state index in [2.05, 4.69) is 14.9 Å². The molecule has 3 rings (SSSR count). The minimum atomic E-state index is 0.578. The number of rotatable bonds is 4. The summed E-state index contributed by atoms with van der Waals surface area (Å²) in [7, 11) is 1.68. The van der Waals surface area contributed by atoms with E-state index in [1.807, 2.05) is 0 Å². The van der Waals surface area contributed by atoms with Gasteiger partial charge >= 0.3 is 0 Å². The van der Waals surface area contributed by atoms with Gasteiger partial charge in [0.05, 0.1) is 18.4 Å². The molecule has 0 amide bonds. The second kappa shape index (κ2) is 4.23. The summed E-state index contributed by atoms with van der Waals surface area (Å²) in [5.41, 5.74) is 7.85. The maximum absolute atomic E-state index is 5.55. The highest BCUT2D eigenvalue weighted by Gasteiger charge is 2.35. The Morgan fingerprint density at radius 3 is 2.82 bits per heavy atom. The molecule has 5 nitrogen and oxygen atoms in total. The van der Waals surface area contributed by atoms with Crippen LogP contribution in [0.15, 0.2) is 0 Å². The van der Waals surface area contributed by atoms with Gasteiger partial charge < -0.3 is 10.5 Å². The lowest BCUT2D eigenvalue weighted by Crippen LogP contribution is -2.18. The van der Waals surface area contributed by atoms with Gasteiger partial charge in [0.25, 0.3) is 0 Å². The summed E-state index contributed by atoms with van der Waals surface area (Å²) in [4.78, 5) is 11.5. The number of hydrogen-bond acceptors (Lipinski definition) is 5. The highest BCUT2D eigenvalue weighted by molar-refractivity contribution is 5.34. The zero-order chi connectivity index (χ0) is 11.8. The van der Waals surface area contributed by atoms with Gasteiger partial charge in [-0.05, 0) is 19.4 Å². The predicted octanol–water partition coefficient (Wildman–Crippen LogP) is 0.464. The number of nitrogens with two attached hydrogens (primary N) is 1. The second-order valence-electron chi connectivity index (χ2n) is 4.75. The fraction of sp³-hybridized carbons (Fsp3) is 0.667. The molecule has 17 heavy (non-hydrogen) atoms. The topological polar surface area (TPSA) is 64.3 Å². The van der Waals surface area contributed by atoms with Crippen LogP contribution in [0, 0.1) is 0 Å². The molecule has 1 aromatic heterocycles. The van der Waals surface area contributed by atoms with Crippen molar-refractivity contribution in [1.29, 1.82) is 0 Å². The normalized spacial score (nSPS) is 19.4.